The standard InChI is InChI=1S/C17H14FN3O2/c1-9(22)3-4-11-13(18)5-6-14-16(11)12(17(23)21-14)7-15-10(2)19-8-20-15/h5-9,22H,1-2H3,(H,19,20)(H,21,23)/t9-/m0/s1. The first-order chi connectivity index (χ1) is 11.0. The molecule has 0 fully saturated rings. The second-order valence-electron chi connectivity index (χ2n) is 5.22. The number of aliphatic hydroxyl groups excluding tert-OH is 1. The van der Waals surface area contributed by atoms with Gasteiger partial charge >= 0.3 is 0 Å². The Hall–Kier alpha value is -2.91. The largest absolute Gasteiger partial charge is 0.381 e. The van der Waals surface area contributed by atoms with Gasteiger partial charge in [0.15, 0.2) is 0 Å². The van der Waals surface area contributed by atoms with Crippen LogP contribution in [0.4, 0.5) is 10.1 Å². The molecule has 0 bridgehead atoms. The van der Waals surface area contributed by atoms with Crippen molar-refractivity contribution in [2.75, 3.05) is 5.32 Å². The van der Waals surface area contributed by atoms with Crippen LogP contribution in [-0.2, 0) is 4.79 Å². The second kappa shape index (κ2) is 5.71. The van der Waals surface area contributed by atoms with Gasteiger partial charge in [0.2, 0.25) is 0 Å². The summed E-state index contributed by atoms with van der Waals surface area (Å²) in [4.78, 5) is 19.3. The van der Waals surface area contributed by atoms with E-state index in [0.29, 0.717) is 22.5 Å². The number of aryl methyl sites for hydroxylation is 1. The molecule has 3 N–H and O–H groups in total. The average Bonchev–Trinajstić information content (AvgIpc) is 3.03. The summed E-state index contributed by atoms with van der Waals surface area (Å²) in [6.07, 6.45) is 2.23. The fourth-order valence-corrected chi connectivity index (χ4v) is 2.35. The van der Waals surface area contributed by atoms with Crippen LogP contribution < -0.4 is 5.32 Å². The molecule has 1 amide bonds. The molecular formula is C17H14FN3O2. The Morgan fingerprint density at radius 1 is 1.43 bits per heavy atom. The van der Waals surface area contributed by atoms with E-state index >= 15 is 0 Å². The lowest BCUT2D eigenvalue weighted by molar-refractivity contribution is -0.110. The molecule has 0 spiro atoms. The van der Waals surface area contributed by atoms with E-state index in [9.17, 15) is 14.3 Å². The molecule has 6 heteroatoms. The summed E-state index contributed by atoms with van der Waals surface area (Å²) < 4.78 is 14.2. The van der Waals surface area contributed by atoms with Crippen LogP contribution in [0.15, 0.2) is 18.5 Å². The summed E-state index contributed by atoms with van der Waals surface area (Å²) in [7, 11) is 0. The maximum Gasteiger partial charge on any atom is 0.256 e. The number of hydrogen-bond donors (Lipinski definition) is 3. The highest BCUT2D eigenvalue weighted by atomic mass is 19.1. The third-order valence-electron chi connectivity index (χ3n) is 3.47. The number of benzene rings is 1. The third kappa shape index (κ3) is 2.74. The van der Waals surface area contributed by atoms with Crippen molar-refractivity contribution in [3.8, 4) is 11.8 Å². The first kappa shape index (κ1) is 15.0. The first-order valence-corrected chi connectivity index (χ1v) is 7.03. The molecule has 116 valence electrons. The Morgan fingerprint density at radius 2 is 2.22 bits per heavy atom. The molecule has 0 unspecified atom stereocenters. The van der Waals surface area contributed by atoms with Crippen LogP contribution in [0.1, 0.15) is 29.4 Å². The van der Waals surface area contributed by atoms with Gasteiger partial charge in [-0.3, -0.25) is 4.79 Å². The van der Waals surface area contributed by atoms with E-state index in [1.165, 1.54) is 25.4 Å². The van der Waals surface area contributed by atoms with Crippen molar-refractivity contribution >= 4 is 23.2 Å². The van der Waals surface area contributed by atoms with Crippen molar-refractivity contribution in [1.82, 2.24) is 9.97 Å². The zero-order valence-electron chi connectivity index (χ0n) is 12.6. The summed E-state index contributed by atoms with van der Waals surface area (Å²) >= 11 is 0. The van der Waals surface area contributed by atoms with Crippen molar-refractivity contribution < 1.29 is 14.3 Å². The van der Waals surface area contributed by atoms with E-state index in [4.69, 9.17) is 0 Å². The molecule has 2 aromatic rings. The lowest BCUT2D eigenvalue weighted by Gasteiger charge is -2.04. The Labute approximate surface area is 132 Å². The van der Waals surface area contributed by atoms with Crippen LogP contribution in [0.25, 0.3) is 11.6 Å². The Balaban J connectivity index is 2.21. The molecule has 0 radical (unpaired) electrons. The van der Waals surface area contributed by atoms with E-state index < -0.39 is 11.9 Å². The molecule has 0 saturated heterocycles. The summed E-state index contributed by atoms with van der Waals surface area (Å²) in [5.41, 5.74) is 2.66. The summed E-state index contributed by atoms with van der Waals surface area (Å²) in [6.45, 7) is 3.31. The SMILES string of the molecule is Cc1[nH]cnc1C=C1C(=O)Nc2ccc(F)c(C#C[C@H](C)O)c21. The summed E-state index contributed by atoms with van der Waals surface area (Å²) in [5.74, 6) is 4.25. The quantitative estimate of drug-likeness (QED) is 0.557. The summed E-state index contributed by atoms with van der Waals surface area (Å²) in [6, 6.07) is 2.74. The van der Waals surface area contributed by atoms with Crippen LogP contribution in [0, 0.1) is 24.6 Å². The maximum atomic E-state index is 14.2. The molecular weight excluding hydrogens is 297 g/mol. The highest BCUT2D eigenvalue weighted by molar-refractivity contribution is 6.35. The number of aromatic amines is 1. The molecule has 1 aromatic carbocycles. The van der Waals surface area contributed by atoms with Crippen molar-refractivity contribution in [3.05, 3.63) is 46.8 Å². The van der Waals surface area contributed by atoms with E-state index in [1.54, 1.807) is 6.08 Å². The van der Waals surface area contributed by atoms with Gasteiger partial charge in [0.1, 0.15) is 11.9 Å². The number of halogens is 1. The number of H-pyrrole nitrogens is 1. The number of hydrogen-bond acceptors (Lipinski definition) is 3. The normalized spacial score (nSPS) is 15.8. The van der Waals surface area contributed by atoms with Gasteiger partial charge in [-0.15, -0.1) is 0 Å². The molecule has 0 saturated carbocycles. The fraction of sp³-hybridized carbons (Fsp3) is 0.176. The van der Waals surface area contributed by atoms with Crippen LogP contribution >= 0.6 is 0 Å². The van der Waals surface area contributed by atoms with Gasteiger partial charge in [0.05, 0.1) is 28.8 Å². The number of carbonyl (C=O) groups excluding carboxylic acids is 1. The molecule has 1 aliphatic rings. The number of nitrogens with zero attached hydrogens (tertiary/aromatic N) is 1. The average molecular weight is 311 g/mol. The molecule has 23 heavy (non-hydrogen) atoms. The van der Waals surface area contributed by atoms with Crippen molar-refractivity contribution in [2.45, 2.75) is 20.0 Å². The number of rotatable bonds is 1. The highest BCUT2D eigenvalue weighted by Gasteiger charge is 2.28. The van der Waals surface area contributed by atoms with Crippen LogP contribution in [-0.4, -0.2) is 27.1 Å². The number of amides is 1. The van der Waals surface area contributed by atoms with E-state index in [1.807, 2.05) is 6.92 Å². The lowest BCUT2D eigenvalue weighted by atomic mass is 9.99. The van der Waals surface area contributed by atoms with Crippen LogP contribution in [0.3, 0.4) is 0 Å². The van der Waals surface area contributed by atoms with Gasteiger partial charge in [-0.25, -0.2) is 9.37 Å². The van der Waals surface area contributed by atoms with Crippen molar-refractivity contribution in [3.63, 3.8) is 0 Å². The number of anilines is 1. The predicted octanol–water partition coefficient (Wildman–Crippen LogP) is 2.08. The molecule has 1 aromatic heterocycles. The van der Waals surface area contributed by atoms with Crippen molar-refractivity contribution in [2.24, 2.45) is 0 Å². The number of nitrogens with one attached hydrogen (secondary N) is 2. The zero-order valence-corrected chi connectivity index (χ0v) is 12.6. The molecule has 5 nitrogen and oxygen atoms in total. The molecule has 1 atom stereocenters. The van der Waals surface area contributed by atoms with Gasteiger partial charge in [-0.05, 0) is 32.1 Å². The smallest absolute Gasteiger partial charge is 0.256 e. The predicted molar refractivity (Wildman–Crippen MR) is 84.8 cm³/mol. The number of carbonyl (C=O) groups is 1. The van der Waals surface area contributed by atoms with Crippen molar-refractivity contribution in [1.29, 1.82) is 0 Å². The number of fused-ring (bicyclic) bond motifs is 1. The Kier molecular flexibility index (Phi) is 3.72. The minimum absolute atomic E-state index is 0.0844. The van der Waals surface area contributed by atoms with E-state index in [2.05, 4.69) is 27.1 Å². The lowest BCUT2D eigenvalue weighted by Crippen LogP contribution is -2.03. The molecule has 1 aliphatic heterocycles. The minimum Gasteiger partial charge on any atom is -0.381 e. The van der Waals surface area contributed by atoms with Gasteiger partial charge in [-0.2, -0.15) is 0 Å². The van der Waals surface area contributed by atoms with Gasteiger partial charge in [0.25, 0.3) is 5.91 Å². The van der Waals surface area contributed by atoms with E-state index in [-0.39, 0.29) is 11.5 Å². The zero-order chi connectivity index (χ0) is 16.6. The second-order valence-corrected chi connectivity index (χ2v) is 5.22. The van der Waals surface area contributed by atoms with Gasteiger partial charge in [0, 0.05) is 11.3 Å². The highest BCUT2D eigenvalue weighted by Crippen LogP contribution is 2.36. The van der Waals surface area contributed by atoms with E-state index in [0.717, 1.165) is 5.69 Å². The minimum atomic E-state index is -0.892. The van der Waals surface area contributed by atoms with Gasteiger partial charge in [-0.1, -0.05) is 11.8 Å². The van der Waals surface area contributed by atoms with Crippen LogP contribution in [0.5, 0.6) is 0 Å². The molecule has 0 aliphatic carbocycles. The van der Waals surface area contributed by atoms with Crippen LogP contribution in [0.2, 0.25) is 0 Å². The fourth-order valence-electron chi connectivity index (χ4n) is 2.35. The Morgan fingerprint density at radius 3 is 2.87 bits per heavy atom. The first-order valence-electron chi connectivity index (χ1n) is 7.03. The Bertz CT molecular complexity index is 885. The molecule has 3 rings (SSSR count). The third-order valence-corrected chi connectivity index (χ3v) is 3.47. The summed E-state index contributed by atoms with van der Waals surface area (Å²) in [5, 5.41) is 12.0. The number of imidazole rings is 1. The molecule has 2 heterocycles. The van der Waals surface area contributed by atoms with Gasteiger partial charge < -0.3 is 15.4 Å². The topological polar surface area (TPSA) is 78.0 Å². The number of aromatic nitrogens is 2. The monoisotopic (exact) mass is 311 g/mol. The maximum absolute atomic E-state index is 14.2. The number of aliphatic hydroxyl groups is 1.